The van der Waals surface area contributed by atoms with Gasteiger partial charge in [-0.25, -0.2) is 0 Å². The number of aromatic nitrogens is 2. The third-order valence-electron chi connectivity index (χ3n) is 12.0. The third kappa shape index (κ3) is 9.25. The highest BCUT2D eigenvalue weighted by Gasteiger charge is 2.16. The summed E-state index contributed by atoms with van der Waals surface area (Å²) in [5.41, 5.74) is 14.0. The molecule has 0 amide bonds. The molecule has 65 heavy (non-hydrogen) atoms. The summed E-state index contributed by atoms with van der Waals surface area (Å²) in [5.74, 6) is 0. The largest absolute Gasteiger partial charge is 0.311 e. The predicted molar refractivity (Wildman–Crippen MR) is 273 cm³/mol. The summed E-state index contributed by atoms with van der Waals surface area (Å²) in [6.45, 7) is 1.83. The zero-order valence-corrected chi connectivity index (χ0v) is 36.3. The fourth-order valence-corrected chi connectivity index (χ4v) is 8.75. The number of anilines is 6. The summed E-state index contributed by atoms with van der Waals surface area (Å²) in [6, 6.07) is 81.8. The molecule has 312 valence electrons. The van der Waals surface area contributed by atoms with E-state index >= 15 is 0 Å². The Bertz CT molecular complexity index is 2900. The van der Waals surface area contributed by atoms with Gasteiger partial charge in [-0.2, -0.15) is 9.13 Å². The van der Waals surface area contributed by atoms with Crippen LogP contribution in [0.5, 0.6) is 0 Å². The minimum Gasteiger partial charge on any atom is -0.311 e. The average Bonchev–Trinajstić information content (AvgIpc) is 3.38. The second-order valence-corrected chi connectivity index (χ2v) is 16.2. The zero-order valence-electron chi connectivity index (χ0n) is 36.3. The van der Waals surface area contributed by atoms with E-state index in [-0.39, 0.29) is 0 Å². The van der Waals surface area contributed by atoms with Crippen molar-refractivity contribution >= 4 is 80.2 Å². The van der Waals surface area contributed by atoms with E-state index in [2.05, 4.69) is 286 Å². The van der Waals surface area contributed by atoms with E-state index in [9.17, 15) is 0 Å². The van der Waals surface area contributed by atoms with Gasteiger partial charge in [-0.1, -0.05) is 146 Å². The summed E-state index contributed by atoms with van der Waals surface area (Å²) in [6.07, 6.45) is 14.4. The first-order valence-corrected chi connectivity index (χ1v) is 22.4. The molecular weight excluding hydrogens is 789 g/mol. The van der Waals surface area contributed by atoms with Crippen LogP contribution in [0.4, 0.5) is 34.1 Å². The maximum Gasteiger partial charge on any atom is 0.213 e. The lowest BCUT2D eigenvalue weighted by molar-refractivity contribution is -0.702. The zero-order chi connectivity index (χ0) is 43.6. The summed E-state index contributed by atoms with van der Waals surface area (Å²) in [4.78, 5) is 4.58. The molecule has 0 aliphatic rings. The molecule has 10 aromatic rings. The number of aryl methyl sites for hydroxylation is 2. The molecular formula is C61H50N4+2. The van der Waals surface area contributed by atoms with Gasteiger partial charge in [0, 0.05) is 58.4 Å². The standard InChI is InChI=1S/C61H50N4/c1-5-18-52(19-6-1)64(53-20-7-2-8-21-53)56-38-32-48(33-39-56)30-36-50-42-46-62(60-28-15-13-26-58(50)60)44-17-45-63-47-43-51(59-27-14-16-29-61(59)63)37-31-49-34-40-57(41-35-49)65(54-22-9-3-10-23-54)55-24-11-4-12-25-55/h1-16,18-43,46-47H,17,44-45H2/q+2. The van der Waals surface area contributed by atoms with Gasteiger partial charge in [0.05, 0.1) is 17.2 Å². The van der Waals surface area contributed by atoms with Crippen molar-refractivity contribution in [2.45, 2.75) is 19.5 Å². The Morgan fingerprint density at radius 1 is 0.292 bits per heavy atom. The van der Waals surface area contributed by atoms with E-state index in [1.54, 1.807) is 0 Å². The van der Waals surface area contributed by atoms with Gasteiger partial charge in [0.1, 0.15) is 0 Å². The molecule has 0 saturated heterocycles. The highest BCUT2D eigenvalue weighted by Crippen LogP contribution is 2.36. The van der Waals surface area contributed by atoms with Crippen LogP contribution in [0.1, 0.15) is 28.7 Å². The smallest absolute Gasteiger partial charge is 0.213 e. The first kappa shape index (κ1) is 40.7. The maximum atomic E-state index is 2.40. The average molecular weight is 839 g/mol. The molecule has 0 unspecified atom stereocenters. The second kappa shape index (κ2) is 19.4. The Hall–Kier alpha value is -8.34. The van der Waals surface area contributed by atoms with Gasteiger partial charge in [-0.15, -0.1) is 0 Å². The molecule has 0 saturated carbocycles. The third-order valence-corrected chi connectivity index (χ3v) is 12.0. The highest BCUT2D eigenvalue weighted by molar-refractivity contribution is 5.90. The first-order chi connectivity index (χ1) is 32.2. The summed E-state index contributed by atoms with van der Waals surface area (Å²) in [5, 5.41) is 2.49. The predicted octanol–water partition coefficient (Wildman–Crippen LogP) is 14.9. The number of hydrogen-bond donors (Lipinski definition) is 0. The SMILES string of the molecule is C(=C\c1cc[n+](CCC[n+]2ccc(/C=C/c3ccc(N(c4ccccc4)c4ccccc4)cc3)c3ccccc32)c2ccccc12)/c1ccc(N(c2ccccc2)c2ccccc2)cc1. The van der Waals surface area contributed by atoms with Crippen LogP contribution in [0.25, 0.3) is 46.1 Å². The number of nitrogens with zero attached hydrogens (tertiary/aromatic N) is 4. The fourth-order valence-electron chi connectivity index (χ4n) is 8.75. The maximum absolute atomic E-state index is 2.40. The lowest BCUT2D eigenvalue weighted by Gasteiger charge is -2.25. The number of hydrogen-bond acceptors (Lipinski definition) is 2. The van der Waals surface area contributed by atoms with Crippen LogP contribution < -0.4 is 18.9 Å². The van der Waals surface area contributed by atoms with Crippen LogP contribution in [0.3, 0.4) is 0 Å². The van der Waals surface area contributed by atoms with Gasteiger partial charge in [0.2, 0.25) is 11.0 Å². The topological polar surface area (TPSA) is 14.2 Å². The molecule has 4 heteroatoms. The minimum atomic E-state index is 0.913. The molecule has 0 atom stereocenters. The molecule has 0 bridgehead atoms. The van der Waals surface area contributed by atoms with E-state index in [4.69, 9.17) is 0 Å². The van der Waals surface area contributed by atoms with Crippen molar-refractivity contribution in [1.82, 2.24) is 0 Å². The van der Waals surface area contributed by atoms with Crippen molar-refractivity contribution in [2.24, 2.45) is 0 Å². The van der Waals surface area contributed by atoms with E-state index in [0.717, 1.165) is 64.8 Å². The molecule has 0 fully saturated rings. The van der Waals surface area contributed by atoms with Crippen LogP contribution in [0, 0.1) is 0 Å². The quantitative estimate of drug-likeness (QED) is 0.101. The summed E-state index contributed by atoms with van der Waals surface area (Å²) in [7, 11) is 0. The first-order valence-electron chi connectivity index (χ1n) is 22.4. The van der Waals surface area contributed by atoms with Gasteiger partial charge in [-0.05, 0) is 107 Å². The lowest BCUT2D eigenvalue weighted by atomic mass is 10.1. The van der Waals surface area contributed by atoms with Crippen LogP contribution in [0.2, 0.25) is 0 Å². The van der Waals surface area contributed by atoms with Crippen LogP contribution >= 0.6 is 0 Å². The van der Waals surface area contributed by atoms with E-state index in [1.165, 1.54) is 32.9 Å². The molecule has 0 spiro atoms. The van der Waals surface area contributed by atoms with E-state index in [0.29, 0.717) is 0 Å². The number of benzene rings is 8. The summed E-state index contributed by atoms with van der Waals surface area (Å²) < 4.78 is 4.79. The normalized spacial score (nSPS) is 11.4. The molecule has 8 aromatic carbocycles. The molecule has 0 aliphatic carbocycles. The fraction of sp³-hybridized carbons (Fsp3) is 0.0492. The molecule has 2 heterocycles. The van der Waals surface area contributed by atoms with Gasteiger partial charge < -0.3 is 9.80 Å². The van der Waals surface area contributed by atoms with Crippen molar-refractivity contribution in [1.29, 1.82) is 0 Å². The lowest BCUT2D eigenvalue weighted by Crippen LogP contribution is -2.39. The Kier molecular flexibility index (Phi) is 12.1. The van der Waals surface area contributed by atoms with Crippen LogP contribution in [-0.2, 0) is 13.1 Å². The van der Waals surface area contributed by atoms with E-state index < -0.39 is 0 Å². The van der Waals surface area contributed by atoms with Crippen molar-refractivity contribution < 1.29 is 9.13 Å². The molecule has 4 nitrogen and oxygen atoms in total. The van der Waals surface area contributed by atoms with Gasteiger partial charge >= 0.3 is 0 Å². The van der Waals surface area contributed by atoms with Gasteiger partial charge in [0.15, 0.2) is 25.5 Å². The Balaban J connectivity index is 0.820. The minimum absolute atomic E-state index is 0.913. The van der Waals surface area contributed by atoms with Crippen molar-refractivity contribution in [2.75, 3.05) is 9.80 Å². The van der Waals surface area contributed by atoms with Crippen LogP contribution in [-0.4, -0.2) is 0 Å². The Morgan fingerprint density at radius 3 is 0.954 bits per heavy atom. The van der Waals surface area contributed by atoms with Gasteiger partial charge in [-0.3, -0.25) is 0 Å². The number of para-hydroxylation sites is 6. The van der Waals surface area contributed by atoms with Gasteiger partial charge in [0.25, 0.3) is 0 Å². The Morgan fingerprint density at radius 2 is 0.600 bits per heavy atom. The van der Waals surface area contributed by atoms with Crippen LogP contribution in [0.15, 0.2) is 243 Å². The number of rotatable bonds is 14. The molecule has 0 radical (unpaired) electrons. The van der Waals surface area contributed by atoms with Crippen molar-refractivity contribution in [3.05, 3.63) is 265 Å². The highest BCUT2D eigenvalue weighted by atomic mass is 15.1. The Labute approximate surface area is 382 Å². The molecule has 0 aliphatic heterocycles. The number of fused-ring (bicyclic) bond motifs is 2. The van der Waals surface area contributed by atoms with Crippen molar-refractivity contribution in [3.8, 4) is 0 Å². The molecule has 0 N–H and O–H groups in total. The van der Waals surface area contributed by atoms with E-state index in [1.807, 2.05) is 0 Å². The monoisotopic (exact) mass is 838 g/mol. The molecule has 10 rings (SSSR count). The molecule has 2 aromatic heterocycles. The number of pyridine rings is 2. The second-order valence-electron chi connectivity index (χ2n) is 16.2. The van der Waals surface area contributed by atoms with Crippen molar-refractivity contribution in [3.63, 3.8) is 0 Å². The summed E-state index contributed by atoms with van der Waals surface area (Å²) >= 11 is 0.